The molecule has 9 heteroatoms. The Hall–Kier alpha value is -2.68. The number of benzene rings is 1. The van der Waals surface area contributed by atoms with Crippen molar-refractivity contribution in [3.63, 3.8) is 0 Å². The van der Waals surface area contributed by atoms with Crippen LogP contribution >= 0.6 is 11.5 Å². The van der Waals surface area contributed by atoms with Crippen LogP contribution in [0.25, 0.3) is 0 Å². The van der Waals surface area contributed by atoms with E-state index in [1.807, 2.05) is 20.8 Å². The molecule has 1 N–H and O–H groups in total. The lowest BCUT2D eigenvalue weighted by Gasteiger charge is -2.38. The molecule has 2 bridgehead atoms. The molecule has 2 aromatic heterocycles. The number of para-hydroxylation sites is 1. The van der Waals surface area contributed by atoms with Crippen LogP contribution in [0.5, 0.6) is 11.8 Å². The van der Waals surface area contributed by atoms with E-state index in [4.69, 9.17) is 4.74 Å². The highest BCUT2D eigenvalue weighted by Crippen LogP contribution is 2.41. The van der Waals surface area contributed by atoms with Gasteiger partial charge in [-0.3, -0.25) is 0 Å². The summed E-state index contributed by atoms with van der Waals surface area (Å²) in [4.78, 5) is 7.04. The molecule has 0 amide bonds. The highest BCUT2D eigenvalue weighted by molar-refractivity contribution is 7.10. The van der Waals surface area contributed by atoms with Crippen molar-refractivity contribution in [1.82, 2.24) is 19.1 Å². The first-order valence-corrected chi connectivity index (χ1v) is 11.6. The van der Waals surface area contributed by atoms with E-state index in [1.54, 1.807) is 34.4 Å². The normalized spacial score (nSPS) is 22.9. The lowest BCUT2D eigenvalue weighted by atomic mass is 9.92. The van der Waals surface area contributed by atoms with E-state index < -0.39 is 5.82 Å². The maximum absolute atomic E-state index is 14.1. The second-order valence-electron chi connectivity index (χ2n) is 8.77. The van der Waals surface area contributed by atoms with Crippen molar-refractivity contribution >= 4 is 22.5 Å². The maximum Gasteiger partial charge on any atom is 0.322 e. The summed E-state index contributed by atoms with van der Waals surface area (Å²) in [6.07, 6.45) is 2.39. The molecule has 2 aliphatic rings. The molecule has 1 saturated carbocycles. The number of ether oxygens (including phenoxy) is 1. The maximum atomic E-state index is 14.1. The molecule has 1 saturated heterocycles. The Morgan fingerprint density at radius 2 is 1.94 bits per heavy atom. The predicted molar refractivity (Wildman–Crippen MR) is 120 cm³/mol. The van der Waals surface area contributed by atoms with E-state index in [-0.39, 0.29) is 11.8 Å². The van der Waals surface area contributed by atoms with Gasteiger partial charge in [-0.2, -0.15) is 9.36 Å². The van der Waals surface area contributed by atoms with E-state index in [0.29, 0.717) is 29.8 Å². The number of aryl methyl sites for hydroxylation is 1. The molecule has 1 aliphatic carbocycles. The summed E-state index contributed by atoms with van der Waals surface area (Å²) in [6, 6.07) is 9.19. The van der Waals surface area contributed by atoms with Gasteiger partial charge in [0, 0.05) is 19.1 Å². The van der Waals surface area contributed by atoms with Crippen LogP contribution in [-0.4, -0.2) is 38.3 Å². The fourth-order valence-corrected chi connectivity index (χ4v) is 5.47. The summed E-state index contributed by atoms with van der Waals surface area (Å²) in [5.41, 5.74) is 1.08. The molecule has 0 spiro atoms. The Morgan fingerprint density at radius 1 is 1.19 bits per heavy atom. The highest BCUT2D eigenvalue weighted by Gasteiger charge is 2.43. The van der Waals surface area contributed by atoms with Gasteiger partial charge >= 0.3 is 6.01 Å². The molecule has 3 atom stereocenters. The van der Waals surface area contributed by atoms with Crippen LogP contribution in [-0.2, 0) is 0 Å². The smallest absolute Gasteiger partial charge is 0.322 e. The van der Waals surface area contributed by atoms with E-state index >= 15 is 0 Å². The van der Waals surface area contributed by atoms with Crippen molar-refractivity contribution < 1.29 is 9.13 Å². The summed E-state index contributed by atoms with van der Waals surface area (Å²) in [7, 11) is 0. The van der Waals surface area contributed by atoms with Crippen LogP contribution in [0.2, 0.25) is 0 Å². The quantitative estimate of drug-likeness (QED) is 0.587. The summed E-state index contributed by atoms with van der Waals surface area (Å²) >= 11 is 1.58. The number of hydrogen-bond donors (Lipinski definition) is 1. The van der Waals surface area contributed by atoms with E-state index in [9.17, 15) is 4.39 Å². The molecule has 5 rings (SSSR count). The lowest BCUT2D eigenvalue weighted by molar-refractivity contribution is 0.360. The van der Waals surface area contributed by atoms with Gasteiger partial charge in [-0.05, 0) is 75.2 Å². The van der Waals surface area contributed by atoms with E-state index in [2.05, 4.69) is 30.7 Å². The predicted octanol–water partition coefficient (Wildman–Crippen LogP) is 4.88. The third kappa shape index (κ3) is 3.98. The minimum atomic E-state index is -0.418. The third-order valence-corrected chi connectivity index (χ3v) is 7.13. The zero-order chi connectivity index (χ0) is 21.5. The van der Waals surface area contributed by atoms with Crippen LogP contribution in [0.1, 0.15) is 38.4 Å². The van der Waals surface area contributed by atoms with Crippen LogP contribution < -0.4 is 15.0 Å². The molecule has 1 aliphatic heterocycles. The summed E-state index contributed by atoms with van der Waals surface area (Å²) < 4.78 is 26.0. The van der Waals surface area contributed by atoms with Crippen molar-refractivity contribution in [2.24, 2.45) is 11.8 Å². The second-order valence-corrected chi connectivity index (χ2v) is 9.55. The molecule has 1 unspecified atom stereocenters. The molecule has 3 aromatic rings. The number of piperidine rings is 1. The van der Waals surface area contributed by atoms with Gasteiger partial charge in [0.2, 0.25) is 5.95 Å². The van der Waals surface area contributed by atoms with Crippen molar-refractivity contribution in [2.75, 3.05) is 23.3 Å². The van der Waals surface area contributed by atoms with Gasteiger partial charge in [-0.1, -0.05) is 12.1 Å². The Morgan fingerprint density at radius 3 is 2.58 bits per heavy atom. The van der Waals surface area contributed by atoms with Crippen molar-refractivity contribution in [3.05, 3.63) is 41.8 Å². The van der Waals surface area contributed by atoms with Gasteiger partial charge in [0.1, 0.15) is 5.00 Å². The largest absolute Gasteiger partial charge is 0.421 e. The molecule has 7 nitrogen and oxygen atoms in total. The Kier molecular flexibility index (Phi) is 5.29. The van der Waals surface area contributed by atoms with E-state index in [0.717, 1.165) is 18.8 Å². The first kappa shape index (κ1) is 20.2. The standard InChI is InChI=1S/C22H27FN6OS/c1-13(2)29-22(30-18-7-5-4-6-17(18)23)25-21(26-29)24-20-15-8-9-16(20)12-28(11-15)19-10-14(3)27-31-19/h4-7,10,13,15-16,20H,8-9,11-12H2,1-3H3,(H,24,26)/t15-,16+,20?. The third-order valence-electron chi connectivity index (χ3n) is 6.18. The monoisotopic (exact) mass is 442 g/mol. The van der Waals surface area contributed by atoms with Gasteiger partial charge in [0.25, 0.3) is 0 Å². The number of halogens is 1. The fraction of sp³-hybridized carbons (Fsp3) is 0.500. The summed E-state index contributed by atoms with van der Waals surface area (Å²) in [6.45, 7) is 8.08. The lowest BCUT2D eigenvalue weighted by Crippen LogP contribution is -2.48. The molecular formula is C22H27FN6OS. The Balaban J connectivity index is 1.33. The average Bonchev–Trinajstić information content (AvgIpc) is 3.40. The average molecular weight is 443 g/mol. The number of aromatic nitrogens is 4. The number of nitrogens with one attached hydrogen (secondary N) is 1. The van der Waals surface area contributed by atoms with E-state index in [1.165, 1.54) is 23.9 Å². The number of anilines is 2. The Bertz CT molecular complexity index is 1050. The topological polar surface area (TPSA) is 68.1 Å². The zero-order valence-electron chi connectivity index (χ0n) is 18.0. The molecule has 164 valence electrons. The first-order chi connectivity index (χ1) is 15.0. The van der Waals surface area contributed by atoms with Crippen molar-refractivity contribution in [1.29, 1.82) is 0 Å². The Labute approximate surface area is 185 Å². The first-order valence-electron chi connectivity index (χ1n) is 10.8. The van der Waals surface area contributed by atoms with Gasteiger partial charge < -0.3 is 15.0 Å². The fourth-order valence-electron chi connectivity index (χ4n) is 4.69. The highest BCUT2D eigenvalue weighted by atomic mass is 32.1. The minimum Gasteiger partial charge on any atom is -0.421 e. The number of hydrogen-bond acceptors (Lipinski definition) is 7. The molecule has 0 radical (unpaired) electrons. The second kappa shape index (κ2) is 8.11. The molecule has 2 fully saturated rings. The van der Waals surface area contributed by atoms with Gasteiger partial charge in [0.05, 0.1) is 11.7 Å². The van der Waals surface area contributed by atoms with Crippen LogP contribution in [0.15, 0.2) is 30.3 Å². The number of nitrogens with zero attached hydrogens (tertiary/aromatic N) is 5. The summed E-state index contributed by atoms with van der Waals surface area (Å²) in [5, 5.41) is 9.47. The van der Waals surface area contributed by atoms with Crippen molar-refractivity contribution in [3.8, 4) is 11.8 Å². The van der Waals surface area contributed by atoms with Crippen LogP contribution in [0, 0.1) is 24.6 Å². The van der Waals surface area contributed by atoms with Crippen molar-refractivity contribution in [2.45, 2.75) is 45.7 Å². The molecule has 31 heavy (non-hydrogen) atoms. The zero-order valence-corrected chi connectivity index (χ0v) is 18.8. The SMILES string of the molecule is Cc1cc(N2C[C@H]3CC[C@@H](C2)C3Nc2nc(Oc3ccccc3F)n(C(C)C)n2)sn1. The van der Waals surface area contributed by atoms with Gasteiger partial charge in [-0.25, -0.2) is 9.07 Å². The van der Waals surface area contributed by atoms with Gasteiger partial charge in [0.15, 0.2) is 11.6 Å². The van der Waals surface area contributed by atoms with Gasteiger partial charge in [-0.15, -0.1) is 5.10 Å². The summed E-state index contributed by atoms with van der Waals surface area (Å²) in [5.74, 6) is 1.34. The van der Waals surface area contributed by atoms with Crippen LogP contribution in [0.3, 0.4) is 0 Å². The molecule has 3 heterocycles. The molecular weight excluding hydrogens is 415 g/mol. The number of rotatable bonds is 6. The minimum absolute atomic E-state index is 0.0398. The molecule has 1 aromatic carbocycles. The number of fused-ring (bicyclic) bond motifs is 2. The van der Waals surface area contributed by atoms with Crippen LogP contribution in [0.4, 0.5) is 15.3 Å².